The lowest BCUT2D eigenvalue weighted by molar-refractivity contribution is 0.0660. The number of aliphatic hydroxyl groups excluding tert-OH is 1. The summed E-state index contributed by atoms with van der Waals surface area (Å²) in [6, 6.07) is 3.04. The maximum atomic E-state index is 10.6. The SMILES string of the molecule is COCC(CCO)NCc1ccc(C(=O)O)o1. The van der Waals surface area contributed by atoms with Crippen LogP contribution in [0.1, 0.15) is 22.7 Å². The van der Waals surface area contributed by atoms with Crippen molar-refractivity contribution in [3.05, 3.63) is 23.7 Å². The van der Waals surface area contributed by atoms with E-state index in [2.05, 4.69) is 5.32 Å². The molecule has 0 aliphatic carbocycles. The fourth-order valence-corrected chi connectivity index (χ4v) is 1.43. The first-order valence-corrected chi connectivity index (χ1v) is 5.32. The van der Waals surface area contributed by atoms with Gasteiger partial charge in [0.15, 0.2) is 0 Å². The highest BCUT2D eigenvalue weighted by Gasteiger charge is 2.11. The van der Waals surface area contributed by atoms with E-state index in [0.29, 0.717) is 25.3 Å². The molecule has 0 amide bonds. The minimum atomic E-state index is -1.08. The van der Waals surface area contributed by atoms with Crippen molar-refractivity contribution >= 4 is 5.97 Å². The summed E-state index contributed by atoms with van der Waals surface area (Å²) in [4.78, 5) is 10.6. The molecule has 0 saturated heterocycles. The fourth-order valence-electron chi connectivity index (χ4n) is 1.43. The van der Waals surface area contributed by atoms with Gasteiger partial charge in [-0.1, -0.05) is 0 Å². The van der Waals surface area contributed by atoms with Gasteiger partial charge in [0.05, 0.1) is 13.2 Å². The van der Waals surface area contributed by atoms with Crippen LogP contribution in [0.5, 0.6) is 0 Å². The van der Waals surface area contributed by atoms with Crippen LogP contribution >= 0.6 is 0 Å². The summed E-state index contributed by atoms with van der Waals surface area (Å²) in [5.74, 6) is -0.617. The van der Waals surface area contributed by atoms with Gasteiger partial charge in [-0.25, -0.2) is 4.79 Å². The number of nitrogens with one attached hydrogen (secondary N) is 1. The quantitative estimate of drug-likeness (QED) is 0.614. The predicted octanol–water partition coefficient (Wildman–Crippen LogP) is 0.465. The highest BCUT2D eigenvalue weighted by Crippen LogP contribution is 2.08. The van der Waals surface area contributed by atoms with Crippen LogP contribution in [0.2, 0.25) is 0 Å². The number of furan rings is 1. The first kappa shape index (κ1) is 13.7. The summed E-state index contributed by atoms with van der Waals surface area (Å²) in [5, 5.41) is 20.6. The van der Waals surface area contributed by atoms with E-state index in [1.54, 1.807) is 13.2 Å². The summed E-state index contributed by atoms with van der Waals surface area (Å²) in [7, 11) is 1.58. The molecular formula is C11H17NO5. The molecule has 1 unspecified atom stereocenters. The summed E-state index contributed by atoms with van der Waals surface area (Å²) >= 11 is 0. The van der Waals surface area contributed by atoms with Gasteiger partial charge in [0.2, 0.25) is 5.76 Å². The first-order chi connectivity index (χ1) is 8.17. The van der Waals surface area contributed by atoms with E-state index in [0.717, 1.165) is 0 Å². The van der Waals surface area contributed by atoms with Crippen LogP contribution in [0.15, 0.2) is 16.5 Å². The summed E-state index contributed by atoms with van der Waals surface area (Å²) in [6.07, 6.45) is 0.570. The standard InChI is InChI=1S/C11H17NO5/c1-16-7-8(4-5-13)12-6-9-2-3-10(17-9)11(14)15/h2-3,8,12-13H,4-7H2,1H3,(H,14,15). The Morgan fingerprint density at radius 2 is 2.35 bits per heavy atom. The molecule has 1 aromatic rings. The Morgan fingerprint density at radius 1 is 1.59 bits per heavy atom. The van der Waals surface area contributed by atoms with Gasteiger partial charge >= 0.3 is 5.97 Å². The van der Waals surface area contributed by atoms with E-state index in [4.69, 9.17) is 19.4 Å². The normalized spacial score (nSPS) is 12.6. The highest BCUT2D eigenvalue weighted by atomic mass is 16.5. The van der Waals surface area contributed by atoms with E-state index in [9.17, 15) is 4.79 Å². The third kappa shape index (κ3) is 4.56. The summed E-state index contributed by atoms with van der Waals surface area (Å²) < 4.78 is 10.1. The number of ether oxygens (including phenoxy) is 1. The van der Waals surface area contributed by atoms with Crippen LogP contribution in [-0.4, -0.2) is 42.5 Å². The Balaban J connectivity index is 2.44. The number of carbonyl (C=O) groups is 1. The van der Waals surface area contributed by atoms with Gasteiger partial charge in [0, 0.05) is 19.8 Å². The van der Waals surface area contributed by atoms with Crippen LogP contribution in [0.3, 0.4) is 0 Å². The largest absolute Gasteiger partial charge is 0.475 e. The van der Waals surface area contributed by atoms with Crippen molar-refractivity contribution in [3.8, 4) is 0 Å². The molecule has 1 rings (SSSR count). The Kier molecular flexibility index (Phi) is 5.68. The van der Waals surface area contributed by atoms with Crippen molar-refractivity contribution in [2.24, 2.45) is 0 Å². The van der Waals surface area contributed by atoms with Gasteiger partial charge in [0.1, 0.15) is 5.76 Å². The molecule has 0 saturated carbocycles. The van der Waals surface area contributed by atoms with E-state index >= 15 is 0 Å². The molecule has 3 N–H and O–H groups in total. The number of aliphatic hydroxyl groups is 1. The zero-order valence-corrected chi connectivity index (χ0v) is 9.68. The number of rotatable bonds is 8. The topological polar surface area (TPSA) is 91.9 Å². The van der Waals surface area contributed by atoms with Gasteiger partial charge in [-0.05, 0) is 18.6 Å². The Labute approximate surface area is 99.2 Å². The smallest absolute Gasteiger partial charge is 0.371 e. The molecule has 6 heteroatoms. The lowest BCUT2D eigenvalue weighted by Crippen LogP contribution is -2.33. The second-order valence-electron chi connectivity index (χ2n) is 3.62. The van der Waals surface area contributed by atoms with E-state index < -0.39 is 5.97 Å². The number of methoxy groups -OCH3 is 1. The van der Waals surface area contributed by atoms with Crippen molar-refractivity contribution in [2.75, 3.05) is 20.3 Å². The zero-order chi connectivity index (χ0) is 12.7. The van der Waals surface area contributed by atoms with E-state index in [1.807, 2.05) is 0 Å². The number of aromatic carboxylic acids is 1. The molecule has 6 nitrogen and oxygen atoms in total. The average Bonchev–Trinajstić information content (AvgIpc) is 2.75. The van der Waals surface area contributed by atoms with Gasteiger partial charge in [-0.3, -0.25) is 0 Å². The van der Waals surface area contributed by atoms with Crippen molar-refractivity contribution in [1.29, 1.82) is 0 Å². The number of hydrogen-bond acceptors (Lipinski definition) is 5. The Hall–Kier alpha value is -1.37. The van der Waals surface area contributed by atoms with Gasteiger partial charge in [-0.2, -0.15) is 0 Å². The van der Waals surface area contributed by atoms with Crippen LogP contribution in [-0.2, 0) is 11.3 Å². The third-order valence-electron chi connectivity index (χ3n) is 2.28. The van der Waals surface area contributed by atoms with Crippen molar-refractivity contribution in [1.82, 2.24) is 5.32 Å². The van der Waals surface area contributed by atoms with E-state index in [-0.39, 0.29) is 18.4 Å². The maximum Gasteiger partial charge on any atom is 0.371 e. The highest BCUT2D eigenvalue weighted by molar-refractivity contribution is 5.84. The van der Waals surface area contributed by atoms with Crippen molar-refractivity contribution in [3.63, 3.8) is 0 Å². The second-order valence-corrected chi connectivity index (χ2v) is 3.62. The number of hydrogen-bond donors (Lipinski definition) is 3. The molecule has 0 aliphatic heterocycles. The molecule has 1 aromatic heterocycles. The van der Waals surface area contributed by atoms with Gasteiger partial charge < -0.3 is 24.7 Å². The molecular weight excluding hydrogens is 226 g/mol. The summed E-state index contributed by atoms with van der Waals surface area (Å²) in [5.41, 5.74) is 0. The minimum Gasteiger partial charge on any atom is -0.475 e. The van der Waals surface area contributed by atoms with Crippen LogP contribution in [0.25, 0.3) is 0 Å². The Bertz CT molecular complexity index is 343. The number of carboxylic acids is 1. The Morgan fingerprint density at radius 3 is 2.88 bits per heavy atom. The molecule has 0 radical (unpaired) electrons. The predicted molar refractivity (Wildman–Crippen MR) is 59.9 cm³/mol. The molecule has 0 fully saturated rings. The van der Waals surface area contributed by atoms with Crippen molar-refractivity contribution in [2.45, 2.75) is 19.0 Å². The molecule has 1 heterocycles. The third-order valence-corrected chi connectivity index (χ3v) is 2.28. The molecule has 1 atom stereocenters. The lowest BCUT2D eigenvalue weighted by Gasteiger charge is -2.15. The van der Waals surface area contributed by atoms with Crippen LogP contribution in [0, 0.1) is 0 Å². The molecule has 0 bridgehead atoms. The fraction of sp³-hybridized carbons (Fsp3) is 0.545. The monoisotopic (exact) mass is 243 g/mol. The molecule has 96 valence electrons. The van der Waals surface area contributed by atoms with Crippen LogP contribution < -0.4 is 5.32 Å². The van der Waals surface area contributed by atoms with Gasteiger partial charge in [-0.15, -0.1) is 0 Å². The molecule has 17 heavy (non-hydrogen) atoms. The first-order valence-electron chi connectivity index (χ1n) is 5.32. The van der Waals surface area contributed by atoms with Gasteiger partial charge in [0.25, 0.3) is 0 Å². The number of carboxylic acid groups (broad SMARTS) is 1. The van der Waals surface area contributed by atoms with Crippen LogP contribution in [0.4, 0.5) is 0 Å². The molecule has 0 spiro atoms. The summed E-state index contributed by atoms with van der Waals surface area (Å²) in [6.45, 7) is 0.952. The minimum absolute atomic E-state index is 0.0170. The van der Waals surface area contributed by atoms with Crippen molar-refractivity contribution < 1.29 is 24.2 Å². The maximum absolute atomic E-state index is 10.6. The second kappa shape index (κ2) is 7.05. The molecule has 0 aromatic carbocycles. The average molecular weight is 243 g/mol. The molecule has 0 aliphatic rings. The van der Waals surface area contributed by atoms with E-state index in [1.165, 1.54) is 6.07 Å². The zero-order valence-electron chi connectivity index (χ0n) is 9.68. The lowest BCUT2D eigenvalue weighted by atomic mass is 10.2.